The molecule has 1 amide bonds. The average Bonchev–Trinajstić information content (AvgIpc) is 2.13. The van der Waals surface area contributed by atoms with Crippen molar-refractivity contribution in [2.75, 3.05) is 25.9 Å². The normalized spacial score (nSPS) is 12.2. The predicted molar refractivity (Wildman–Crippen MR) is 64.6 cm³/mol. The topological polar surface area (TPSA) is 57.7 Å². The highest BCUT2D eigenvalue weighted by atomic mass is 32.2. The third-order valence-electron chi connectivity index (χ3n) is 2.41. The molecular formula is C10H22N2O3S. The summed E-state index contributed by atoms with van der Waals surface area (Å²) >= 11 is 0. The Morgan fingerprint density at radius 3 is 1.88 bits per heavy atom. The van der Waals surface area contributed by atoms with Gasteiger partial charge in [0.25, 0.3) is 0 Å². The molecule has 0 heterocycles. The van der Waals surface area contributed by atoms with Gasteiger partial charge in [0.15, 0.2) is 0 Å². The Hall–Kier alpha value is -0.620. The number of carbonyl (C=O) groups is 1. The molecule has 0 spiro atoms. The molecule has 0 atom stereocenters. The lowest BCUT2D eigenvalue weighted by molar-refractivity contribution is -0.131. The lowest BCUT2D eigenvalue weighted by atomic mass is 10.3. The van der Waals surface area contributed by atoms with Crippen molar-refractivity contribution in [1.82, 2.24) is 9.21 Å². The molecule has 0 N–H and O–H groups in total. The van der Waals surface area contributed by atoms with Crippen LogP contribution in [0.5, 0.6) is 0 Å². The van der Waals surface area contributed by atoms with Crippen LogP contribution in [0.1, 0.15) is 27.7 Å². The summed E-state index contributed by atoms with van der Waals surface area (Å²) in [7, 11) is -3.32. The molecule has 0 fully saturated rings. The Morgan fingerprint density at radius 1 is 1.19 bits per heavy atom. The predicted octanol–water partition coefficient (Wildman–Crippen LogP) is 0.525. The molecule has 0 saturated heterocycles. The Balaban J connectivity index is 4.72. The van der Waals surface area contributed by atoms with E-state index in [9.17, 15) is 13.2 Å². The van der Waals surface area contributed by atoms with Gasteiger partial charge in [0.05, 0.1) is 12.8 Å². The molecule has 0 aliphatic rings. The van der Waals surface area contributed by atoms with Gasteiger partial charge in [0.1, 0.15) is 0 Å². The Labute approximate surface area is 98.5 Å². The molecule has 5 nitrogen and oxygen atoms in total. The first kappa shape index (κ1) is 15.4. The van der Waals surface area contributed by atoms with Crippen LogP contribution >= 0.6 is 0 Å². The van der Waals surface area contributed by atoms with E-state index in [2.05, 4.69) is 0 Å². The first-order valence-corrected chi connectivity index (χ1v) is 7.33. The van der Waals surface area contributed by atoms with Gasteiger partial charge in [-0.1, -0.05) is 0 Å². The van der Waals surface area contributed by atoms with Crippen molar-refractivity contribution < 1.29 is 13.2 Å². The van der Waals surface area contributed by atoms with E-state index in [1.165, 1.54) is 4.31 Å². The van der Waals surface area contributed by atoms with Crippen LogP contribution in [0.2, 0.25) is 0 Å². The second kappa shape index (κ2) is 6.20. The highest BCUT2D eigenvalue weighted by Crippen LogP contribution is 2.05. The molecule has 6 heteroatoms. The highest BCUT2D eigenvalue weighted by Gasteiger charge is 2.24. The number of amides is 1. The lowest BCUT2D eigenvalue weighted by Gasteiger charge is -2.26. The van der Waals surface area contributed by atoms with E-state index in [4.69, 9.17) is 0 Å². The van der Waals surface area contributed by atoms with Gasteiger partial charge in [-0.15, -0.1) is 0 Å². The molecule has 0 aliphatic heterocycles. The number of hydrogen-bond donors (Lipinski definition) is 0. The van der Waals surface area contributed by atoms with Crippen LogP contribution in [0.3, 0.4) is 0 Å². The van der Waals surface area contributed by atoms with Gasteiger partial charge in [-0.05, 0) is 27.7 Å². The molecular weight excluding hydrogens is 228 g/mol. The van der Waals surface area contributed by atoms with Crippen molar-refractivity contribution in [2.24, 2.45) is 0 Å². The fraction of sp³-hybridized carbons (Fsp3) is 0.900. The fourth-order valence-electron chi connectivity index (χ4n) is 1.49. The van der Waals surface area contributed by atoms with Crippen molar-refractivity contribution in [2.45, 2.75) is 33.7 Å². The molecule has 0 radical (unpaired) electrons. The molecule has 0 rings (SSSR count). The quantitative estimate of drug-likeness (QED) is 0.691. The van der Waals surface area contributed by atoms with Gasteiger partial charge < -0.3 is 4.90 Å². The summed E-state index contributed by atoms with van der Waals surface area (Å²) in [5.41, 5.74) is 0. The van der Waals surface area contributed by atoms with Gasteiger partial charge in [0.2, 0.25) is 15.9 Å². The van der Waals surface area contributed by atoms with E-state index in [0.717, 1.165) is 6.26 Å². The summed E-state index contributed by atoms with van der Waals surface area (Å²) in [4.78, 5) is 13.4. The van der Waals surface area contributed by atoms with E-state index < -0.39 is 10.0 Å². The SMILES string of the molecule is CCN(CC)C(=O)CN(C(C)C)S(C)(=O)=O. The number of likely N-dealkylation sites (N-methyl/N-ethyl adjacent to an activating group) is 1. The van der Waals surface area contributed by atoms with Crippen LogP contribution in [-0.2, 0) is 14.8 Å². The second-order valence-corrected chi connectivity index (χ2v) is 5.90. The van der Waals surface area contributed by atoms with Gasteiger partial charge in [-0.25, -0.2) is 8.42 Å². The van der Waals surface area contributed by atoms with Crippen molar-refractivity contribution in [3.05, 3.63) is 0 Å². The van der Waals surface area contributed by atoms with Gasteiger partial charge in [0, 0.05) is 19.1 Å². The van der Waals surface area contributed by atoms with Gasteiger partial charge >= 0.3 is 0 Å². The lowest BCUT2D eigenvalue weighted by Crippen LogP contribution is -2.45. The minimum Gasteiger partial charge on any atom is -0.342 e. The molecule has 0 aromatic rings. The average molecular weight is 250 g/mol. The zero-order valence-electron chi connectivity index (χ0n) is 10.7. The number of carbonyl (C=O) groups excluding carboxylic acids is 1. The minimum absolute atomic E-state index is 0.0713. The van der Waals surface area contributed by atoms with Crippen molar-refractivity contribution >= 4 is 15.9 Å². The Morgan fingerprint density at radius 2 is 1.62 bits per heavy atom. The summed E-state index contributed by atoms with van der Waals surface area (Å²) < 4.78 is 24.1. The number of rotatable bonds is 6. The molecule has 0 saturated carbocycles. The van der Waals surface area contributed by atoms with E-state index in [1.807, 2.05) is 13.8 Å². The third-order valence-corrected chi connectivity index (χ3v) is 3.81. The molecule has 0 unspecified atom stereocenters. The first-order chi connectivity index (χ1) is 7.23. The van der Waals surface area contributed by atoms with Gasteiger partial charge in [-0.3, -0.25) is 4.79 Å². The van der Waals surface area contributed by atoms with E-state index in [-0.39, 0.29) is 18.5 Å². The van der Waals surface area contributed by atoms with Crippen LogP contribution in [0.25, 0.3) is 0 Å². The summed E-state index contributed by atoms with van der Waals surface area (Å²) in [6, 6.07) is -0.200. The van der Waals surface area contributed by atoms with Crippen molar-refractivity contribution in [3.8, 4) is 0 Å². The molecule has 0 aliphatic carbocycles. The molecule has 0 bridgehead atoms. The smallest absolute Gasteiger partial charge is 0.237 e. The Bertz CT molecular complexity index is 321. The van der Waals surface area contributed by atoms with Crippen LogP contribution < -0.4 is 0 Å². The largest absolute Gasteiger partial charge is 0.342 e. The maximum absolute atomic E-state index is 11.8. The summed E-state index contributed by atoms with van der Waals surface area (Å²) in [5, 5.41) is 0. The maximum atomic E-state index is 11.8. The van der Waals surface area contributed by atoms with Crippen LogP contribution in [0.4, 0.5) is 0 Å². The summed E-state index contributed by atoms with van der Waals surface area (Å²) in [6.07, 6.45) is 1.13. The van der Waals surface area contributed by atoms with Crippen LogP contribution in [0, 0.1) is 0 Å². The van der Waals surface area contributed by atoms with Crippen molar-refractivity contribution in [3.63, 3.8) is 0 Å². The minimum atomic E-state index is -3.32. The Kier molecular flexibility index (Phi) is 5.96. The molecule has 0 aromatic heterocycles. The maximum Gasteiger partial charge on any atom is 0.237 e. The van der Waals surface area contributed by atoms with Gasteiger partial charge in [-0.2, -0.15) is 4.31 Å². The third kappa shape index (κ3) is 4.49. The zero-order valence-corrected chi connectivity index (χ0v) is 11.5. The fourth-order valence-corrected chi connectivity index (χ4v) is 2.60. The zero-order chi connectivity index (χ0) is 12.9. The first-order valence-electron chi connectivity index (χ1n) is 5.48. The van der Waals surface area contributed by atoms with Crippen molar-refractivity contribution in [1.29, 1.82) is 0 Å². The molecule has 0 aromatic carbocycles. The second-order valence-electron chi connectivity index (χ2n) is 3.97. The summed E-state index contributed by atoms with van der Waals surface area (Å²) in [6.45, 7) is 8.41. The van der Waals surface area contributed by atoms with Crippen LogP contribution in [0.15, 0.2) is 0 Å². The number of hydrogen-bond acceptors (Lipinski definition) is 3. The van der Waals surface area contributed by atoms with Crippen LogP contribution in [-0.4, -0.2) is 55.5 Å². The standard InChI is InChI=1S/C10H22N2O3S/c1-6-11(7-2)10(13)8-12(9(3)4)16(5,14)15/h9H,6-8H2,1-5H3. The van der Waals surface area contributed by atoms with E-state index >= 15 is 0 Å². The molecule has 96 valence electrons. The highest BCUT2D eigenvalue weighted by molar-refractivity contribution is 7.88. The number of nitrogens with zero attached hydrogens (tertiary/aromatic N) is 2. The number of sulfonamides is 1. The van der Waals surface area contributed by atoms with E-state index in [0.29, 0.717) is 13.1 Å². The van der Waals surface area contributed by atoms with E-state index in [1.54, 1.807) is 18.7 Å². The summed E-state index contributed by atoms with van der Waals surface area (Å²) in [5.74, 6) is -0.149. The molecule has 16 heavy (non-hydrogen) atoms. The monoisotopic (exact) mass is 250 g/mol.